The molecule has 2 aromatic carbocycles. The molecule has 2 atom stereocenters. The molecular weight excluding hydrogens is 408 g/mol. The van der Waals surface area contributed by atoms with E-state index in [0.717, 1.165) is 24.2 Å². The molecule has 0 spiro atoms. The molecule has 31 heavy (non-hydrogen) atoms. The maximum Gasteiger partial charge on any atom is 0.319 e. The van der Waals surface area contributed by atoms with Gasteiger partial charge in [-0.15, -0.1) is 0 Å². The molecule has 0 saturated heterocycles. The number of rotatable bonds is 6. The molecule has 3 aromatic rings. The SMILES string of the molecule is C=S(=O)(Cc1ccc2c(c1)CNC2)c1ccc(NC(=O)NC(C)c2cccnc2)cc1.[HH].[HH]. The Morgan fingerprint density at radius 2 is 1.97 bits per heavy atom. The predicted molar refractivity (Wildman–Crippen MR) is 130 cm³/mol. The first kappa shape index (κ1) is 21.1. The van der Waals surface area contributed by atoms with E-state index < -0.39 is 9.52 Å². The van der Waals surface area contributed by atoms with Crippen LogP contribution in [0.4, 0.5) is 10.5 Å². The third-order valence-electron chi connectivity index (χ3n) is 5.38. The molecule has 1 aromatic heterocycles. The van der Waals surface area contributed by atoms with Gasteiger partial charge < -0.3 is 16.0 Å². The molecule has 7 heteroatoms. The molecule has 2 unspecified atom stereocenters. The number of anilines is 1. The summed E-state index contributed by atoms with van der Waals surface area (Å²) in [4.78, 5) is 17.0. The highest BCUT2D eigenvalue weighted by Crippen LogP contribution is 2.22. The molecule has 3 N–H and O–H groups in total. The number of pyridine rings is 1. The lowest BCUT2D eigenvalue weighted by Gasteiger charge is -2.15. The van der Waals surface area contributed by atoms with E-state index in [1.807, 2.05) is 25.1 Å². The number of hydrogen-bond donors (Lipinski definition) is 3. The third-order valence-corrected chi connectivity index (χ3v) is 7.31. The predicted octanol–water partition coefficient (Wildman–Crippen LogP) is 4.34. The Kier molecular flexibility index (Phi) is 6.06. The van der Waals surface area contributed by atoms with Crippen LogP contribution in [0.25, 0.3) is 0 Å². The summed E-state index contributed by atoms with van der Waals surface area (Å²) >= 11 is 0. The minimum absolute atomic E-state index is 0. The summed E-state index contributed by atoms with van der Waals surface area (Å²) in [6.07, 6.45) is 3.42. The Bertz CT molecular complexity index is 1190. The Morgan fingerprint density at radius 1 is 1.19 bits per heavy atom. The molecule has 6 nitrogen and oxygen atoms in total. The average molecular weight is 439 g/mol. The fourth-order valence-electron chi connectivity index (χ4n) is 3.66. The van der Waals surface area contributed by atoms with Crippen LogP contribution in [0.2, 0.25) is 0 Å². The van der Waals surface area contributed by atoms with Crippen LogP contribution in [0.15, 0.2) is 71.9 Å². The number of nitrogens with one attached hydrogen (secondary N) is 3. The molecule has 4 rings (SSSR count). The first-order valence-electron chi connectivity index (χ1n) is 10.1. The van der Waals surface area contributed by atoms with Crippen molar-refractivity contribution in [2.75, 3.05) is 5.32 Å². The maximum absolute atomic E-state index is 13.3. The fourth-order valence-corrected chi connectivity index (χ4v) is 5.17. The normalized spacial score (nSPS) is 15.5. The number of urea groups is 1. The van der Waals surface area contributed by atoms with E-state index in [0.29, 0.717) is 16.3 Å². The van der Waals surface area contributed by atoms with Crippen LogP contribution in [-0.2, 0) is 28.4 Å². The first-order chi connectivity index (χ1) is 14.9. The second-order valence-corrected chi connectivity index (χ2v) is 10.2. The minimum atomic E-state index is -2.49. The van der Waals surface area contributed by atoms with Gasteiger partial charge in [0, 0.05) is 54.2 Å². The number of carbonyl (C=O) groups excluding carboxylic acids is 1. The van der Waals surface area contributed by atoms with Gasteiger partial charge in [0.1, 0.15) is 0 Å². The van der Waals surface area contributed by atoms with Gasteiger partial charge in [-0.25, -0.2) is 4.79 Å². The monoisotopic (exact) mass is 438 g/mol. The number of carbonyl (C=O) groups is 1. The molecule has 1 aliphatic rings. The zero-order chi connectivity index (χ0) is 21.8. The van der Waals surface area contributed by atoms with Gasteiger partial charge in [-0.05, 0) is 65.4 Å². The fraction of sp³-hybridized carbons (Fsp3) is 0.208. The summed E-state index contributed by atoms with van der Waals surface area (Å²) in [5, 5.41) is 9.01. The van der Waals surface area contributed by atoms with Crippen molar-refractivity contribution in [3.63, 3.8) is 0 Å². The van der Waals surface area contributed by atoms with E-state index in [4.69, 9.17) is 0 Å². The molecule has 164 valence electrons. The van der Waals surface area contributed by atoms with Gasteiger partial charge >= 0.3 is 6.03 Å². The van der Waals surface area contributed by atoms with E-state index >= 15 is 0 Å². The molecule has 2 heterocycles. The third kappa shape index (κ3) is 5.13. The van der Waals surface area contributed by atoms with Crippen LogP contribution >= 0.6 is 0 Å². The van der Waals surface area contributed by atoms with Crippen LogP contribution < -0.4 is 16.0 Å². The van der Waals surface area contributed by atoms with Crippen molar-refractivity contribution in [3.8, 4) is 0 Å². The molecule has 1 aliphatic heterocycles. The van der Waals surface area contributed by atoms with E-state index in [9.17, 15) is 9.00 Å². The van der Waals surface area contributed by atoms with Gasteiger partial charge in [-0.2, -0.15) is 0 Å². The molecule has 2 amide bonds. The number of benzene rings is 2. The second kappa shape index (κ2) is 8.91. The number of hydrogen-bond acceptors (Lipinski definition) is 4. The quantitative estimate of drug-likeness (QED) is 0.500. The van der Waals surface area contributed by atoms with Gasteiger partial charge in [0.2, 0.25) is 0 Å². The molecule has 0 aliphatic carbocycles. The van der Waals surface area contributed by atoms with Crippen LogP contribution in [-0.4, -0.2) is 21.1 Å². The maximum atomic E-state index is 13.3. The van der Waals surface area contributed by atoms with Crippen molar-refractivity contribution in [2.24, 2.45) is 0 Å². The summed E-state index contributed by atoms with van der Waals surface area (Å²) in [6.45, 7) is 3.63. The van der Waals surface area contributed by atoms with Crippen molar-refractivity contribution < 1.29 is 11.9 Å². The molecular formula is C24H30N4O2S. The second-order valence-electron chi connectivity index (χ2n) is 7.79. The van der Waals surface area contributed by atoms with Crippen molar-refractivity contribution >= 4 is 27.1 Å². The summed E-state index contributed by atoms with van der Waals surface area (Å²) in [6, 6.07) is 16.5. The van der Waals surface area contributed by atoms with Gasteiger partial charge in [0.05, 0.1) is 6.04 Å². The molecule has 0 saturated carbocycles. The summed E-state index contributed by atoms with van der Waals surface area (Å²) < 4.78 is 13.3. The van der Waals surface area contributed by atoms with E-state index in [2.05, 4.69) is 38.9 Å². The summed E-state index contributed by atoms with van der Waals surface area (Å²) in [7, 11) is -2.49. The minimum Gasteiger partial charge on any atom is -0.331 e. The van der Waals surface area contributed by atoms with Crippen molar-refractivity contribution in [1.29, 1.82) is 0 Å². The molecule has 0 bridgehead atoms. The topological polar surface area (TPSA) is 83.1 Å². The Hall–Kier alpha value is -3.16. The number of fused-ring (bicyclic) bond motifs is 1. The smallest absolute Gasteiger partial charge is 0.319 e. The number of aromatic nitrogens is 1. The van der Waals surface area contributed by atoms with E-state index in [-0.39, 0.29) is 14.9 Å². The highest BCUT2D eigenvalue weighted by molar-refractivity contribution is 7.99. The first-order valence-corrected chi connectivity index (χ1v) is 12.0. The molecule has 0 fully saturated rings. The van der Waals surface area contributed by atoms with Crippen LogP contribution in [0.1, 0.15) is 38.1 Å². The van der Waals surface area contributed by atoms with Gasteiger partial charge in [0.25, 0.3) is 0 Å². The van der Waals surface area contributed by atoms with E-state index in [1.54, 1.807) is 36.7 Å². The highest BCUT2D eigenvalue weighted by Gasteiger charge is 2.14. The average Bonchev–Trinajstić information content (AvgIpc) is 3.22. The largest absolute Gasteiger partial charge is 0.331 e. The lowest BCUT2D eigenvalue weighted by molar-refractivity contribution is 0.249. The standard InChI is InChI=1S/C24H26N4O2S.2H2/c1-17(19-4-3-11-25-13-19)27-24(29)28-22-7-9-23(10-8-22)31(2,30)16-18-5-6-20-14-26-15-21(20)12-18;;/h3-13,17,26H,2,14-16H2,1H3,(H2,27,28,29);2*1H. The van der Waals surface area contributed by atoms with Crippen molar-refractivity contribution in [1.82, 2.24) is 15.6 Å². The van der Waals surface area contributed by atoms with Crippen molar-refractivity contribution in [2.45, 2.75) is 36.7 Å². The Morgan fingerprint density at radius 3 is 2.71 bits per heavy atom. The van der Waals surface area contributed by atoms with Gasteiger partial charge in [0.15, 0.2) is 0 Å². The molecule has 0 radical (unpaired) electrons. The van der Waals surface area contributed by atoms with Crippen LogP contribution in [0, 0.1) is 0 Å². The van der Waals surface area contributed by atoms with Crippen LogP contribution in [0.3, 0.4) is 0 Å². The lowest BCUT2D eigenvalue weighted by Crippen LogP contribution is -2.31. The number of amides is 2. The zero-order valence-corrected chi connectivity index (χ0v) is 18.2. The zero-order valence-electron chi connectivity index (χ0n) is 17.4. The Balaban J connectivity index is 0.00000193. The van der Waals surface area contributed by atoms with Gasteiger partial charge in [-0.1, -0.05) is 24.3 Å². The number of nitrogens with zero attached hydrogens (tertiary/aromatic N) is 1. The highest BCUT2D eigenvalue weighted by atomic mass is 32.2. The lowest BCUT2D eigenvalue weighted by atomic mass is 10.1. The summed E-state index contributed by atoms with van der Waals surface area (Å²) in [5.41, 5.74) is 5.13. The van der Waals surface area contributed by atoms with Crippen LogP contribution in [0.5, 0.6) is 0 Å². The summed E-state index contributed by atoms with van der Waals surface area (Å²) in [5.74, 6) is 4.38. The van der Waals surface area contributed by atoms with Crippen molar-refractivity contribution in [3.05, 3.63) is 89.2 Å². The Labute approximate surface area is 186 Å². The van der Waals surface area contributed by atoms with Gasteiger partial charge in [-0.3, -0.25) is 9.19 Å². The van der Waals surface area contributed by atoms with E-state index in [1.165, 1.54) is 11.1 Å².